The summed E-state index contributed by atoms with van der Waals surface area (Å²) < 4.78 is 29.2. The van der Waals surface area contributed by atoms with Gasteiger partial charge < -0.3 is 10.2 Å². The standard InChI is InChI=1S/C35H37Cl2N3O4S/c1-25-15-18-29(19-16-25)45(43,44)40(28-13-9-6-10-14-28)24-33(41)39(23-27-17-20-30(36)31(37)21-27)32(34(42)38-35(2,3)4)22-26-11-7-5-8-12-26/h5-21,32H,22-24H2,1-4H3,(H,38,42)/t32-/m0/s1. The Labute approximate surface area is 275 Å². The van der Waals surface area contributed by atoms with Gasteiger partial charge in [-0.3, -0.25) is 13.9 Å². The maximum Gasteiger partial charge on any atom is 0.264 e. The molecular formula is C35H37Cl2N3O4S. The number of para-hydroxylation sites is 1. The maximum atomic E-state index is 14.5. The predicted octanol–water partition coefficient (Wildman–Crippen LogP) is 7.05. The minimum absolute atomic E-state index is 0.0159. The van der Waals surface area contributed by atoms with E-state index in [4.69, 9.17) is 23.2 Å². The Morgan fingerprint density at radius 2 is 1.40 bits per heavy atom. The summed E-state index contributed by atoms with van der Waals surface area (Å²) in [6, 6.07) is 28.3. The number of benzene rings is 4. The molecule has 2 amide bonds. The Kier molecular flexibility index (Phi) is 11.0. The monoisotopic (exact) mass is 665 g/mol. The number of aryl methyl sites for hydroxylation is 1. The van der Waals surface area contributed by atoms with E-state index in [0.717, 1.165) is 15.4 Å². The van der Waals surface area contributed by atoms with Gasteiger partial charge in [0.25, 0.3) is 10.0 Å². The zero-order valence-electron chi connectivity index (χ0n) is 25.7. The van der Waals surface area contributed by atoms with Crippen molar-refractivity contribution >= 4 is 50.7 Å². The quantitative estimate of drug-likeness (QED) is 0.186. The lowest BCUT2D eigenvalue weighted by atomic mass is 10.0. The van der Waals surface area contributed by atoms with Crippen LogP contribution in [-0.4, -0.2) is 43.3 Å². The molecule has 0 saturated heterocycles. The van der Waals surface area contributed by atoms with Crippen molar-refractivity contribution in [2.75, 3.05) is 10.8 Å². The molecule has 0 aliphatic rings. The van der Waals surface area contributed by atoms with Gasteiger partial charge in [0.15, 0.2) is 0 Å². The Bertz CT molecular complexity index is 1730. The van der Waals surface area contributed by atoms with Crippen LogP contribution in [0.1, 0.15) is 37.5 Å². The highest BCUT2D eigenvalue weighted by molar-refractivity contribution is 7.92. The smallest absolute Gasteiger partial charge is 0.264 e. The highest BCUT2D eigenvalue weighted by Gasteiger charge is 2.35. The molecule has 0 aliphatic carbocycles. The lowest BCUT2D eigenvalue weighted by molar-refractivity contribution is -0.140. The molecule has 7 nitrogen and oxygen atoms in total. The van der Waals surface area contributed by atoms with Crippen molar-refractivity contribution in [2.24, 2.45) is 0 Å². The summed E-state index contributed by atoms with van der Waals surface area (Å²) in [5.74, 6) is -0.932. The maximum absolute atomic E-state index is 14.5. The number of carbonyl (C=O) groups excluding carboxylic acids is 2. The zero-order chi connectivity index (χ0) is 32.8. The summed E-state index contributed by atoms with van der Waals surface area (Å²) in [7, 11) is -4.17. The van der Waals surface area contributed by atoms with Crippen LogP contribution in [0.15, 0.2) is 108 Å². The van der Waals surface area contributed by atoms with Crippen LogP contribution in [0.4, 0.5) is 5.69 Å². The van der Waals surface area contributed by atoms with Crippen LogP contribution in [0, 0.1) is 6.92 Å². The van der Waals surface area contributed by atoms with Gasteiger partial charge in [0, 0.05) is 18.5 Å². The van der Waals surface area contributed by atoms with Gasteiger partial charge in [0.1, 0.15) is 12.6 Å². The molecule has 4 rings (SSSR count). The molecule has 10 heteroatoms. The summed E-state index contributed by atoms with van der Waals surface area (Å²) in [5.41, 5.74) is 2.10. The van der Waals surface area contributed by atoms with Crippen molar-refractivity contribution < 1.29 is 18.0 Å². The molecular weight excluding hydrogens is 629 g/mol. The normalized spacial score (nSPS) is 12.3. The van der Waals surface area contributed by atoms with E-state index in [-0.39, 0.29) is 23.8 Å². The molecule has 0 saturated carbocycles. The average molecular weight is 667 g/mol. The van der Waals surface area contributed by atoms with Crippen LogP contribution in [0.5, 0.6) is 0 Å². The third kappa shape index (κ3) is 9.10. The molecule has 0 aromatic heterocycles. The average Bonchev–Trinajstić information content (AvgIpc) is 2.99. The van der Waals surface area contributed by atoms with Crippen LogP contribution in [0.3, 0.4) is 0 Å². The van der Waals surface area contributed by atoms with Gasteiger partial charge in [0.05, 0.1) is 20.6 Å². The number of rotatable bonds is 11. The van der Waals surface area contributed by atoms with E-state index < -0.39 is 34.1 Å². The number of amides is 2. The molecule has 236 valence electrons. The van der Waals surface area contributed by atoms with E-state index >= 15 is 0 Å². The van der Waals surface area contributed by atoms with E-state index in [1.807, 2.05) is 58.0 Å². The first-order chi connectivity index (χ1) is 21.2. The third-order valence-corrected chi connectivity index (χ3v) is 9.57. The molecule has 0 aliphatic heterocycles. The summed E-state index contributed by atoms with van der Waals surface area (Å²) in [6.45, 7) is 6.89. The van der Waals surface area contributed by atoms with E-state index in [1.54, 1.807) is 60.7 Å². The number of nitrogens with zero attached hydrogens (tertiary/aromatic N) is 2. The first-order valence-electron chi connectivity index (χ1n) is 14.5. The van der Waals surface area contributed by atoms with Crippen molar-refractivity contribution in [1.82, 2.24) is 10.2 Å². The molecule has 0 heterocycles. The van der Waals surface area contributed by atoms with Crippen LogP contribution in [0.2, 0.25) is 10.0 Å². The van der Waals surface area contributed by atoms with Gasteiger partial charge in [-0.1, -0.05) is 95.5 Å². The molecule has 4 aromatic carbocycles. The lowest BCUT2D eigenvalue weighted by Gasteiger charge is -2.35. The highest BCUT2D eigenvalue weighted by atomic mass is 35.5. The predicted molar refractivity (Wildman–Crippen MR) is 181 cm³/mol. The number of nitrogens with one attached hydrogen (secondary N) is 1. The van der Waals surface area contributed by atoms with Crippen molar-refractivity contribution in [1.29, 1.82) is 0 Å². The Balaban J connectivity index is 1.81. The molecule has 45 heavy (non-hydrogen) atoms. The van der Waals surface area contributed by atoms with E-state index in [1.165, 1.54) is 17.0 Å². The first-order valence-corrected chi connectivity index (χ1v) is 16.7. The van der Waals surface area contributed by atoms with Crippen molar-refractivity contribution in [3.05, 3.63) is 130 Å². The van der Waals surface area contributed by atoms with Crippen LogP contribution in [0.25, 0.3) is 0 Å². The Morgan fingerprint density at radius 3 is 1.98 bits per heavy atom. The fourth-order valence-corrected chi connectivity index (χ4v) is 6.54. The second-order valence-electron chi connectivity index (χ2n) is 11.9. The Hall–Kier alpha value is -3.85. The zero-order valence-corrected chi connectivity index (χ0v) is 28.0. The third-order valence-electron chi connectivity index (χ3n) is 7.04. The van der Waals surface area contributed by atoms with E-state index in [2.05, 4.69) is 5.32 Å². The summed E-state index contributed by atoms with van der Waals surface area (Å²) in [4.78, 5) is 29.9. The van der Waals surface area contributed by atoms with Crippen LogP contribution in [-0.2, 0) is 32.6 Å². The fraction of sp³-hybridized carbons (Fsp3) is 0.257. The molecule has 0 radical (unpaired) electrons. The number of hydrogen-bond donors (Lipinski definition) is 1. The van der Waals surface area contributed by atoms with E-state index in [9.17, 15) is 18.0 Å². The van der Waals surface area contributed by atoms with Crippen molar-refractivity contribution in [3.8, 4) is 0 Å². The highest BCUT2D eigenvalue weighted by Crippen LogP contribution is 2.27. The number of sulfonamides is 1. The van der Waals surface area contributed by atoms with Crippen LogP contribution >= 0.6 is 23.2 Å². The van der Waals surface area contributed by atoms with Crippen molar-refractivity contribution in [3.63, 3.8) is 0 Å². The minimum atomic E-state index is -4.17. The topological polar surface area (TPSA) is 86.8 Å². The number of hydrogen-bond acceptors (Lipinski definition) is 4. The van der Waals surface area contributed by atoms with E-state index in [0.29, 0.717) is 21.3 Å². The summed E-state index contributed by atoms with van der Waals surface area (Å²) in [5, 5.41) is 3.67. The molecule has 1 N–H and O–H groups in total. The van der Waals surface area contributed by atoms with Gasteiger partial charge >= 0.3 is 0 Å². The number of anilines is 1. The van der Waals surface area contributed by atoms with Gasteiger partial charge in [-0.05, 0) is 75.2 Å². The van der Waals surface area contributed by atoms with Gasteiger partial charge in [0.2, 0.25) is 11.8 Å². The second-order valence-corrected chi connectivity index (χ2v) is 14.6. The summed E-state index contributed by atoms with van der Waals surface area (Å²) >= 11 is 12.5. The minimum Gasteiger partial charge on any atom is -0.350 e. The number of halogens is 2. The molecule has 0 spiro atoms. The summed E-state index contributed by atoms with van der Waals surface area (Å²) in [6.07, 6.45) is 0.200. The molecule has 0 unspecified atom stereocenters. The largest absolute Gasteiger partial charge is 0.350 e. The second kappa shape index (κ2) is 14.5. The SMILES string of the molecule is Cc1ccc(S(=O)(=O)N(CC(=O)N(Cc2ccc(Cl)c(Cl)c2)[C@@H](Cc2ccccc2)C(=O)NC(C)(C)C)c2ccccc2)cc1. The van der Waals surface area contributed by atoms with Gasteiger partial charge in [-0.15, -0.1) is 0 Å². The molecule has 4 aromatic rings. The first kappa shape index (κ1) is 34.0. The molecule has 1 atom stereocenters. The molecule has 0 fully saturated rings. The van der Waals surface area contributed by atoms with Gasteiger partial charge in [-0.2, -0.15) is 0 Å². The van der Waals surface area contributed by atoms with Crippen molar-refractivity contribution in [2.45, 2.75) is 57.1 Å². The lowest BCUT2D eigenvalue weighted by Crippen LogP contribution is -2.56. The number of carbonyl (C=O) groups is 2. The van der Waals surface area contributed by atoms with Crippen LogP contribution < -0.4 is 9.62 Å². The molecule has 0 bridgehead atoms. The Morgan fingerprint density at radius 1 is 0.800 bits per heavy atom. The van der Waals surface area contributed by atoms with Gasteiger partial charge in [-0.25, -0.2) is 8.42 Å². The fourth-order valence-electron chi connectivity index (χ4n) is 4.80.